The zero-order chi connectivity index (χ0) is 13.9. The summed E-state index contributed by atoms with van der Waals surface area (Å²) in [4.78, 5) is 5.35. The molecule has 2 bridgehead atoms. The van der Waals surface area contributed by atoms with E-state index in [1.54, 1.807) is 3.58 Å². The summed E-state index contributed by atoms with van der Waals surface area (Å²) in [5.41, 5.74) is 1.17. The van der Waals surface area contributed by atoms with Crippen molar-refractivity contribution in [3.63, 3.8) is 0 Å². The van der Waals surface area contributed by atoms with Gasteiger partial charge in [0.1, 0.15) is 0 Å². The van der Waals surface area contributed by atoms with Crippen molar-refractivity contribution in [1.29, 1.82) is 0 Å². The maximum absolute atomic E-state index is 2.68. The van der Waals surface area contributed by atoms with Crippen molar-refractivity contribution in [3.8, 4) is 0 Å². The van der Waals surface area contributed by atoms with Crippen molar-refractivity contribution >= 4 is 22.0 Å². The van der Waals surface area contributed by atoms with Gasteiger partial charge in [0.2, 0.25) is 0 Å². The first-order chi connectivity index (χ1) is 8.80. The van der Waals surface area contributed by atoms with Crippen LogP contribution in [0.25, 0.3) is 0 Å². The third-order valence-corrected chi connectivity index (χ3v) is 19.8. The third kappa shape index (κ3) is 1.78. The normalized spacial score (nSPS) is 36.7. The Bertz CT molecular complexity index is 474. The Morgan fingerprint density at radius 1 is 1.05 bits per heavy atom. The standard InChI is InChI=1S/C10H17.C6H5.2CH3.Sn/c1-9(2)8-4-6-10(9,3)7-5-8;1-2-4-6-5-3-1;;;/h6,8H,4-5,7H2,1-3H3;1-5H;2*1H3;/t8-,10+;;;;/m0..../s1. The van der Waals surface area contributed by atoms with E-state index in [-0.39, 0.29) is 0 Å². The van der Waals surface area contributed by atoms with Gasteiger partial charge in [0, 0.05) is 0 Å². The van der Waals surface area contributed by atoms with Gasteiger partial charge < -0.3 is 0 Å². The van der Waals surface area contributed by atoms with Gasteiger partial charge in [0.15, 0.2) is 0 Å². The molecule has 0 heterocycles. The first kappa shape index (κ1) is 14.0. The van der Waals surface area contributed by atoms with Crippen LogP contribution >= 0.6 is 0 Å². The summed E-state index contributed by atoms with van der Waals surface area (Å²) < 4.78 is 2.75. The first-order valence-corrected chi connectivity index (χ1v) is 16.6. The number of fused-ring (bicyclic) bond motifs is 2. The van der Waals surface area contributed by atoms with Crippen LogP contribution in [0.2, 0.25) is 13.8 Å². The van der Waals surface area contributed by atoms with Crippen molar-refractivity contribution in [3.05, 3.63) is 30.3 Å². The quantitative estimate of drug-likeness (QED) is 0.661. The predicted octanol–water partition coefficient (Wildman–Crippen LogP) is 4.82. The molecule has 2 aliphatic rings. The molecule has 2 saturated carbocycles. The Hall–Kier alpha value is 0.0187. The number of benzene rings is 1. The molecule has 1 aromatic rings. The van der Waals surface area contributed by atoms with Gasteiger partial charge >= 0.3 is 123 Å². The second-order valence-corrected chi connectivity index (χ2v) is 21.7. The van der Waals surface area contributed by atoms with Gasteiger partial charge in [0.05, 0.1) is 0 Å². The molecule has 0 aromatic heterocycles. The fraction of sp³-hybridized carbons (Fsp3) is 0.667. The molecule has 0 spiro atoms. The van der Waals surface area contributed by atoms with E-state index >= 15 is 0 Å². The first-order valence-electron chi connectivity index (χ1n) is 7.86. The van der Waals surface area contributed by atoms with Crippen LogP contribution < -0.4 is 3.58 Å². The molecule has 3 atom stereocenters. The fourth-order valence-electron chi connectivity index (χ4n) is 5.36. The van der Waals surface area contributed by atoms with E-state index in [0.717, 1.165) is 9.85 Å². The minimum atomic E-state index is -2.21. The molecule has 2 fully saturated rings. The second kappa shape index (κ2) is 4.26. The number of hydrogen-bond donors (Lipinski definition) is 0. The molecule has 0 amide bonds. The van der Waals surface area contributed by atoms with Gasteiger partial charge in [-0.25, -0.2) is 0 Å². The third-order valence-electron chi connectivity index (χ3n) is 7.18. The average Bonchev–Trinajstić information content (AvgIpc) is 2.72. The molecule has 0 nitrogen and oxygen atoms in total. The summed E-state index contributed by atoms with van der Waals surface area (Å²) in [6.45, 7) is 7.72. The van der Waals surface area contributed by atoms with Crippen LogP contribution in [0.15, 0.2) is 30.3 Å². The molecule has 0 unspecified atom stereocenters. The fourth-order valence-corrected chi connectivity index (χ4v) is 18.0. The SMILES string of the molecule is CC1(C)[C@@H]2CC[C@@]1(C)[C@@H]([Sn]([CH3])([CH3])[c]1ccccc1)C2. The summed E-state index contributed by atoms with van der Waals surface area (Å²) >= 11 is -2.21. The van der Waals surface area contributed by atoms with Crippen molar-refractivity contribution < 1.29 is 0 Å². The van der Waals surface area contributed by atoms with Gasteiger partial charge in [-0.15, -0.1) is 0 Å². The van der Waals surface area contributed by atoms with Crippen LogP contribution in [-0.2, 0) is 0 Å². The molecular weight excluding hydrogens is 335 g/mol. The Labute approximate surface area is 122 Å². The molecule has 0 radical (unpaired) electrons. The number of hydrogen-bond acceptors (Lipinski definition) is 0. The molecule has 0 saturated heterocycles. The van der Waals surface area contributed by atoms with Crippen molar-refractivity contribution in [1.82, 2.24) is 0 Å². The molecule has 0 aliphatic heterocycles. The summed E-state index contributed by atoms with van der Waals surface area (Å²) in [7, 11) is 0. The molecule has 2 aliphatic carbocycles. The van der Waals surface area contributed by atoms with E-state index in [4.69, 9.17) is 0 Å². The zero-order valence-corrected chi connectivity index (χ0v) is 16.0. The van der Waals surface area contributed by atoms with Crippen LogP contribution in [0.4, 0.5) is 0 Å². The van der Waals surface area contributed by atoms with E-state index in [1.165, 1.54) is 19.3 Å². The summed E-state index contributed by atoms with van der Waals surface area (Å²) in [5, 5.41) is 0. The van der Waals surface area contributed by atoms with Crippen molar-refractivity contribution in [2.45, 2.75) is 53.8 Å². The molecule has 1 aromatic carbocycles. The van der Waals surface area contributed by atoms with E-state index in [1.807, 2.05) is 0 Å². The predicted molar refractivity (Wildman–Crippen MR) is 86.5 cm³/mol. The van der Waals surface area contributed by atoms with Crippen molar-refractivity contribution in [2.24, 2.45) is 16.7 Å². The van der Waals surface area contributed by atoms with E-state index in [9.17, 15) is 0 Å². The van der Waals surface area contributed by atoms with Crippen LogP contribution in [0.5, 0.6) is 0 Å². The minimum absolute atomic E-state index is 0.570. The molecular formula is C18H28Sn. The average molecular weight is 363 g/mol. The Balaban J connectivity index is 2.01. The summed E-state index contributed by atoms with van der Waals surface area (Å²) in [5.74, 6) is 0.988. The van der Waals surface area contributed by atoms with Gasteiger partial charge in [0.25, 0.3) is 0 Å². The van der Waals surface area contributed by atoms with Gasteiger partial charge in [-0.05, 0) is 0 Å². The topological polar surface area (TPSA) is 0 Å². The molecule has 104 valence electrons. The van der Waals surface area contributed by atoms with E-state index in [0.29, 0.717) is 10.8 Å². The molecule has 1 heteroatoms. The Kier molecular flexibility index (Phi) is 3.13. The summed E-state index contributed by atoms with van der Waals surface area (Å²) in [6, 6.07) is 11.5. The maximum atomic E-state index is 2.68. The Morgan fingerprint density at radius 3 is 2.16 bits per heavy atom. The van der Waals surface area contributed by atoms with Crippen LogP contribution in [0.3, 0.4) is 0 Å². The second-order valence-electron chi connectivity index (χ2n) is 8.25. The van der Waals surface area contributed by atoms with Crippen LogP contribution in [0.1, 0.15) is 40.0 Å². The monoisotopic (exact) mass is 364 g/mol. The molecule has 19 heavy (non-hydrogen) atoms. The van der Waals surface area contributed by atoms with Gasteiger partial charge in [-0.1, -0.05) is 0 Å². The van der Waals surface area contributed by atoms with Crippen molar-refractivity contribution in [2.75, 3.05) is 0 Å². The van der Waals surface area contributed by atoms with Gasteiger partial charge in [-0.2, -0.15) is 0 Å². The van der Waals surface area contributed by atoms with E-state index < -0.39 is 18.4 Å². The van der Waals surface area contributed by atoms with Crippen LogP contribution in [-0.4, -0.2) is 18.4 Å². The zero-order valence-electron chi connectivity index (χ0n) is 13.2. The Morgan fingerprint density at radius 2 is 1.68 bits per heavy atom. The summed E-state index contributed by atoms with van der Waals surface area (Å²) in [6.07, 6.45) is 4.47. The molecule has 3 rings (SSSR count). The number of rotatable bonds is 2. The van der Waals surface area contributed by atoms with Gasteiger partial charge in [-0.3, -0.25) is 0 Å². The van der Waals surface area contributed by atoms with E-state index in [2.05, 4.69) is 61.0 Å². The van der Waals surface area contributed by atoms with Crippen LogP contribution in [0, 0.1) is 16.7 Å². The molecule has 0 N–H and O–H groups in total.